The maximum absolute atomic E-state index is 13.0. The van der Waals surface area contributed by atoms with Crippen LogP contribution in [0.25, 0.3) is 0 Å². The summed E-state index contributed by atoms with van der Waals surface area (Å²) in [5, 5.41) is 10.3. The van der Waals surface area contributed by atoms with Crippen molar-refractivity contribution in [3.8, 4) is 0 Å². The molecule has 4 nitrogen and oxygen atoms in total. The number of morpholine rings is 1. The summed E-state index contributed by atoms with van der Waals surface area (Å²) in [5.74, 6) is -0.649. The topological polar surface area (TPSA) is 49.8 Å². The van der Waals surface area contributed by atoms with Crippen molar-refractivity contribution in [1.82, 2.24) is 4.90 Å². The van der Waals surface area contributed by atoms with Gasteiger partial charge < -0.3 is 14.7 Å². The van der Waals surface area contributed by atoms with Crippen LogP contribution in [0, 0.1) is 5.82 Å². The average Bonchev–Trinajstić information content (AvgIpc) is 2.62. The zero-order valence-electron chi connectivity index (χ0n) is 12.6. The van der Waals surface area contributed by atoms with E-state index in [1.807, 2.05) is 6.07 Å². The molecule has 1 heterocycles. The number of nitrogens with zero attached hydrogens (tertiary/aromatic N) is 1. The predicted molar refractivity (Wildman–Crippen MR) is 83.1 cm³/mol. The first kappa shape index (κ1) is 15.6. The van der Waals surface area contributed by atoms with E-state index in [4.69, 9.17) is 4.74 Å². The molecule has 5 heteroatoms. The van der Waals surface area contributed by atoms with E-state index in [0.29, 0.717) is 25.3 Å². The number of carbonyl (C=O) groups excluding carboxylic acids is 1. The van der Waals surface area contributed by atoms with Gasteiger partial charge >= 0.3 is 0 Å². The summed E-state index contributed by atoms with van der Waals surface area (Å²) in [4.78, 5) is 14.1. The number of hydrogen-bond acceptors (Lipinski definition) is 3. The van der Waals surface area contributed by atoms with Crippen molar-refractivity contribution in [2.45, 2.75) is 12.2 Å². The first-order chi connectivity index (χ1) is 11.1. The quantitative estimate of drug-likeness (QED) is 0.946. The number of ether oxygens (including phenoxy) is 1. The van der Waals surface area contributed by atoms with Crippen molar-refractivity contribution >= 4 is 5.91 Å². The lowest BCUT2D eigenvalue weighted by Gasteiger charge is -2.34. The number of hydrogen-bond donors (Lipinski definition) is 1. The van der Waals surface area contributed by atoms with E-state index < -0.39 is 6.10 Å². The molecule has 2 unspecified atom stereocenters. The van der Waals surface area contributed by atoms with Gasteiger partial charge in [-0.05, 0) is 23.3 Å². The maximum Gasteiger partial charge on any atom is 0.256 e. The molecule has 120 valence electrons. The first-order valence-corrected chi connectivity index (χ1v) is 7.54. The molecule has 2 aromatic carbocycles. The summed E-state index contributed by atoms with van der Waals surface area (Å²) in [6, 6.07) is 14.9. The zero-order chi connectivity index (χ0) is 16.2. The van der Waals surface area contributed by atoms with E-state index in [2.05, 4.69) is 0 Å². The highest BCUT2D eigenvalue weighted by Gasteiger charge is 2.29. The largest absolute Gasteiger partial charge is 0.378 e. The van der Waals surface area contributed by atoms with E-state index in [0.717, 1.165) is 5.56 Å². The van der Waals surface area contributed by atoms with Gasteiger partial charge in [-0.25, -0.2) is 4.39 Å². The Bertz CT molecular complexity index is 660. The van der Waals surface area contributed by atoms with Gasteiger partial charge in [0.1, 0.15) is 11.9 Å². The highest BCUT2D eigenvalue weighted by atomic mass is 19.1. The van der Waals surface area contributed by atoms with Crippen LogP contribution in [0.2, 0.25) is 0 Å². The van der Waals surface area contributed by atoms with Crippen LogP contribution in [0.3, 0.4) is 0 Å². The Labute approximate surface area is 134 Å². The second-order valence-corrected chi connectivity index (χ2v) is 5.51. The van der Waals surface area contributed by atoms with Gasteiger partial charge in [-0.3, -0.25) is 4.79 Å². The van der Waals surface area contributed by atoms with Crippen LogP contribution in [-0.4, -0.2) is 35.6 Å². The van der Waals surface area contributed by atoms with Crippen LogP contribution in [0.5, 0.6) is 0 Å². The Balaban J connectivity index is 1.70. The highest BCUT2D eigenvalue weighted by Crippen LogP contribution is 2.25. The molecule has 2 aromatic rings. The minimum Gasteiger partial charge on any atom is -0.378 e. The molecule has 0 radical (unpaired) electrons. The van der Waals surface area contributed by atoms with Crippen molar-refractivity contribution in [2.75, 3.05) is 19.7 Å². The lowest BCUT2D eigenvalue weighted by atomic mass is 10.1. The SMILES string of the molecule is O=C(C(O)c1ccccc1)N1CCOC(c2ccc(F)cc2)C1. The summed E-state index contributed by atoms with van der Waals surface area (Å²) in [5.41, 5.74) is 1.39. The number of aliphatic hydroxyl groups is 1. The van der Waals surface area contributed by atoms with Crippen LogP contribution in [0.1, 0.15) is 23.3 Å². The van der Waals surface area contributed by atoms with Gasteiger partial charge in [0.2, 0.25) is 0 Å². The van der Waals surface area contributed by atoms with E-state index in [-0.39, 0.29) is 17.8 Å². The van der Waals surface area contributed by atoms with Crippen molar-refractivity contribution in [3.05, 3.63) is 71.5 Å². The smallest absolute Gasteiger partial charge is 0.256 e. The molecule has 1 saturated heterocycles. The molecule has 1 fully saturated rings. The standard InChI is InChI=1S/C18H18FNO3/c19-15-8-6-13(7-9-15)16-12-20(10-11-23-16)18(22)17(21)14-4-2-1-3-5-14/h1-9,16-17,21H,10-12H2. The minimum absolute atomic E-state index is 0.308. The molecular formula is C18H18FNO3. The molecule has 1 amide bonds. The summed E-state index contributed by atoms with van der Waals surface area (Å²) < 4.78 is 18.7. The molecule has 1 aliphatic heterocycles. The molecule has 0 saturated carbocycles. The van der Waals surface area contributed by atoms with Crippen LogP contribution in [0.15, 0.2) is 54.6 Å². The highest BCUT2D eigenvalue weighted by molar-refractivity contribution is 5.82. The number of halogens is 1. The average molecular weight is 315 g/mol. The predicted octanol–water partition coefficient (Wildman–Crippen LogP) is 2.46. The van der Waals surface area contributed by atoms with Gasteiger partial charge in [0.25, 0.3) is 5.91 Å². The van der Waals surface area contributed by atoms with Gasteiger partial charge in [0.15, 0.2) is 6.10 Å². The monoisotopic (exact) mass is 315 g/mol. The fraction of sp³-hybridized carbons (Fsp3) is 0.278. The third-order valence-electron chi connectivity index (χ3n) is 3.97. The van der Waals surface area contributed by atoms with Crippen LogP contribution in [0.4, 0.5) is 4.39 Å². The van der Waals surface area contributed by atoms with Gasteiger partial charge in [-0.15, -0.1) is 0 Å². The van der Waals surface area contributed by atoms with Gasteiger partial charge in [-0.1, -0.05) is 42.5 Å². The minimum atomic E-state index is -1.18. The third kappa shape index (κ3) is 3.57. The third-order valence-corrected chi connectivity index (χ3v) is 3.97. The van der Waals surface area contributed by atoms with E-state index in [1.54, 1.807) is 41.3 Å². The Morgan fingerprint density at radius 2 is 1.87 bits per heavy atom. The second-order valence-electron chi connectivity index (χ2n) is 5.51. The number of carbonyl (C=O) groups is 1. The number of benzene rings is 2. The molecular weight excluding hydrogens is 297 g/mol. The lowest BCUT2D eigenvalue weighted by Crippen LogP contribution is -2.44. The number of rotatable bonds is 3. The van der Waals surface area contributed by atoms with E-state index in [9.17, 15) is 14.3 Å². The molecule has 3 rings (SSSR count). The van der Waals surface area contributed by atoms with Gasteiger partial charge in [0, 0.05) is 6.54 Å². The fourth-order valence-electron chi connectivity index (χ4n) is 2.68. The van der Waals surface area contributed by atoms with Crippen molar-refractivity contribution < 1.29 is 19.0 Å². The van der Waals surface area contributed by atoms with E-state index >= 15 is 0 Å². The normalized spacial score (nSPS) is 19.4. The lowest BCUT2D eigenvalue weighted by molar-refractivity contribution is -0.148. The maximum atomic E-state index is 13.0. The molecule has 2 atom stereocenters. The molecule has 0 aliphatic carbocycles. The Morgan fingerprint density at radius 3 is 2.57 bits per heavy atom. The summed E-state index contributed by atoms with van der Waals surface area (Å²) in [6.45, 7) is 1.16. The first-order valence-electron chi connectivity index (χ1n) is 7.54. The molecule has 1 aliphatic rings. The van der Waals surface area contributed by atoms with Crippen LogP contribution < -0.4 is 0 Å². The Hall–Kier alpha value is -2.24. The number of amides is 1. The van der Waals surface area contributed by atoms with Crippen molar-refractivity contribution in [3.63, 3.8) is 0 Å². The fourth-order valence-corrected chi connectivity index (χ4v) is 2.68. The molecule has 0 spiro atoms. The van der Waals surface area contributed by atoms with Crippen LogP contribution in [-0.2, 0) is 9.53 Å². The van der Waals surface area contributed by atoms with Gasteiger partial charge in [-0.2, -0.15) is 0 Å². The van der Waals surface area contributed by atoms with Crippen molar-refractivity contribution in [2.24, 2.45) is 0 Å². The molecule has 0 bridgehead atoms. The summed E-state index contributed by atoms with van der Waals surface area (Å²) >= 11 is 0. The van der Waals surface area contributed by atoms with Gasteiger partial charge in [0.05, 0.1) is 13.2 Å². The molecule has 1 N–H and O–H groups in total. The summed E-state index contributed by atoms with van der Waals surface area (Å²) in [7, 11) is 0. The Morgan fingerprint density at radius 1 is 1.17 bits per heavy atom. The van der Waals surface area contributed by atoms with Crippen LogP contribution >= 0.6 is 0 Å². The number of aliphatic hydroxyl groups excluding tert-OH is 1. The molecule has 0 aromatic heterocycles. The van der Waals surface area contributed by atoms with E-state index in [1.165, 1.54) is 12.1 Å². The zero-order valence-corrected chi connectivity index (χ0v) is 12.6. The summed E-state index contributed by atoms with van der Waals surface area (Å²) in [6.07, 6.45) is -1.49. The molecule has 23 heavy (non-hydrogen) atoms. The van der Waals surface area contributed by atoms with Crippen molar-refractivity contribution in [1.29, 1.82) is 0 Å². The Kier molecular flexibility index (Phi) is 4.69. The second kappa shape index (κ2) is 6.89.